The second kappa shape index (κ2) is 11.2. The smallest absolute Gasteiger partial charge is 0.240 e. The van der Waals surface area contributed by atoms with E-state index in [4.69, 9.17) is 9.47 Å². The third-order valence-corrected chi connectivity index (χ3v) is 7.28. The number of pyridine rings is 1. The molecule has 0 fully saturated rings. The molecule has 0 spiro atoms. The summed E-state index contributed by atoms with van der Waals surface area (Å²) in [7, 11) is -3.60. The first kappa shape index (κ1) is 23.9. The highest BCUT2D eigenvalue weighted by Crippen LogP contribution is 2.25. The van der Waals surface area contributed by atoms with Gasteiger partial charge in [-0.05, 0) is 74.0 Å². The van der Waals surface area contributed by atoms with Crippen LogP contribution in [0.4, 0.5) is 0 Å². The summed E-state index contributed by atoms with van der Waals surface area (Å²) in [5.74, 6) is 1.97. The third-order valence-electron chi connectivity index (χ3n) is 4.89. The first-order valence-electron chi connectivity index (χ1n) is 10.9. The zero-order chi connectivity index (χ0) is 23.8. The van der Waals surface area contributed by atoms with Gasteiger partial charge in [0.25, 0.3) is 0 Å². The number of benzene rings is 2. The first-order chi connectivity index (χ1) is 16.5. The number of ether oxygens (including phenoxy) is 2. The maximum absolute atomic E-state index is 12.6. The SMILES string of the molecule is CCOc1ccc(Oc2ccc(S(=O)(=O)NCCCc3nc(-c4ccncc4)cs3)cc2)cc1. The van der Waals surface area contributed by atoms with Gasteiger partial charge in [0.15, 0.2) is 0 Å². The second-order valence-corrected chi connectivity index (χ2v) is 10.1. The van der Waals surface area contributed by atoms with Gasteiger partial charge in [0.2, 0.25) is 10.0 Å². The topological polar surface area (TPSA) is 90.4 Å². The number of sulfonamides is 1. The number of hydrogen-bond acceptors (Lipinski definition) is 7. The Kier molecular flexibility index (Phi) is 7.89. The predicted molar refractivity (Wildman–Crippen MR) is 133 cm³/mol. The Bertz CT molecular complexity index is 1290. The highest BCUT2D eigenvalue weighted by Gasteiger charge is 2.14. The fourth-order valence-electron chi connectivity index (χ4n) is 3.20. The van der Waals surface area contributed by atoms with Crippen LogP contribution in [0.15, 0.2) is 83.3 Å². The lowest BCUT2D eigenvalue weighted by Crippen LogP contribution is -2.25. The summed E-state index contributed by atoms with van der Waals surface area (Å²) in [6.07, 6.45) is 4.83. The number of rotatable bonds is 11. The van der Waals surface area contributed by atoms with Crippen molar-refractivity contribution in [2.24, 2.45) is 0 Å². The molecular formula is C25H25N3O4S2. The Morgan fingerprint density at radius 1 is 0.912 bits per heavy atom. The molecule has 0 saturated heterocycles. The van der Waals surface area contributed by atoms with E-state index in [9.17, 15) is 8.42 Å². The number of aromatic nitrogens is 2. The van der Waals surface area contributed by atoms with E-state index >= 15 is 0 Å². The van der Waals surface area contributed by atoms with Crippen LogP contribution in [0.3, 0.4) is 0 Å². The molecule has 0 aliphatic rings. The Labute approximate surface area is 203 Å². The molecule has 176 valence electrons. The Morgan fingerprint density at radius 2 is 1.56 bits per heavy atom. The maximum Gasteiger partial charge on any atom is 0.240 e. The van der Waals surface area contributed by atoms with Crippen molar-refractivity contribution in [3.05, 3.63) is 83.4 Å². The van der Waals surface area contributed by atoms with E-state index in [-0.39, 0.29) is 4.90 Å². The van der Waals surface area contributed by atoms with Crippen molar-refractivity contribution in [1.29, 1.82) is 0 Å². The van der Waals surface area contributed by atoms with Crippen LogP contribution >= 0.6 is 11.3 Å². The van der Waals surface area contributed by atoms with Gasteiger partial charge >= 0.3 is 0 Å². The third kappa shape index (κ3) is 6.40. The zero-order valence-electron chi connectivity index (χ0n) is 18.7. The molecule has 0 aliphatic heterocycles. The fourth-order valence-corrected chi connectivity index (χ4v) is 5.13. The van der Waals surface area contributed by atoms with Crippen LogP contribution in [0, 0.1) is 0 Å². The number of nitrogens with zero attached hydrogens (tertiary/aromatic N) is 2. The Morgan fingerprint density at radius 3 is 2.24 bits per heavy atom. The fraction of sp³-hybridized carbons (Fsp3) is 0.200. The number of thiazole rings is 1. The van der Waals surface area contributed by atoms with Gasteiger partial charge in [-0.1, -0.05) is 0 Å². The predicted octanol–water partition coefficient (Wildman–Crippen LogP) is 5.31. The summed E-state index contributed by atoms with van der Waals surface area (Å²) >= 11 is 1.57. The minimum absolute atomic E-state index is 0.195. The number of nitrogens with one attached hydrogen (secondary N) is 1. The van der Waals surface area contributed by atoms with E-state index in [1.165, 1.54) is 12.1 Å². The van der Waals surface area contributed by atoms with Crippen molar-refractivity contribution in [3.63, 3.8) is 0 Å². The second-order valence-electron chi connectivity index (χ2n) is 7.34. The molecule has 2 heterocycles. The van der Waals surface area contributed by atoms with Crippen molar-refractivity contribution in [3.8, 4) is 28.5 Å². The lowest BCUT2D eigenvalue weighted by Gasteiger charge is -2.09. The number of aryl methyl sites for hydroxylation is 1. The summed E-state index contributed by atoms with van der Waals surface area (Å²) in [5.41, 5.74) is 1.93. The standard InChI is InChI=1S/C25H25N3O4S2/c1-2-31-20-5-7-21(8-6-20)32-22-9-11-23(12-10-22)34(29,30)27-15-3-4-25-28-24(18-33-25)19-13-16-26-17-14-19/h5-14,16-18,27H,2-4,15H2,1H3. The lowest BCUT2D eigenvalue weighted by molar-refractivity contribution is 0.339. The van der Waals surface area contributed by atoms with Gasteiger partial charge in [0, 0.05) is 36.3 Å². The summed E-state index contributed by atoms with van der Waals surface area (Å²) in [6, 6.07) is 17.5. The molecule has 0 atom stereocenters. The molecule has 0 saturated carbocycles. The van der Waals surface area contributed by atoms with Crippen LogP contribution in [-0.2, 0) is 16.4 Å². The van der Waals surface area contributed by atoms with Crippen molar-refractivity contribution < 1.29 is 17.9 Å². The zero-order valence-corrected chi connectivity index (χ0v) is 20.3. The molecule has 1 N–H and O–H groups in total. The average Bonchev–Trinajstić information content (AvgIpc) is 3.33. The quantitative estimate of drug-likeness (QED) is 0.284. The molecule has 4 aromatic rings. The molecule has 4 rings (SSSR count). The van der Waals surface area contributed by atoms with E-state index < -0.39 is 10.0 Å². The van der Waals surface area contributed by atoms with E-state index in [2.05, 4.69) is 14.7 Å². The normalized spacial score (nSPS) is 11.3. The molecule has 0 radical (unpaired) electrons. The summed E-state index contributed by atoms with van der Waals surface area (Å²) in [4.78, 5) is 8.84. The van der Waals surface area contributed by atoms with E-state index in [0.29, 0.717) is 37.5 Å². The first-order valence-corrected chi connectivity index (χ1v) is 13.2. The highest BCUT2D eigenvalue weighted by molar-refractivity contribution is 7.89. The van der Waals surface area contributed by atoms with Gasteiger partial charge in [0.1, 0.15) is 17.2 Å². The van der Waals surface area contributed by atoms with Crippen LogP contribution < -0.4 is 14.2 Å². The molecule has 34 heavy (non-hydrogen) atoms. The molecule has 0 bridgehead atoms. The van der Waals surface area contributed by atoms with Gasteiger partial charge in [-0.15, -0.1) is 11.3 Å². The molecule has 7 nitrogen and oxygen atoms in total. The molecule has 0 aliphatic carbocycles. The Hall–Kier alpha value is -3.27. The molecule has 2 aromatic carbocycles. The summed E-state index contributed by atoms with van der Waals surface area (Å²) < 4.78 is 39.1. The maximum atomic E-state index is 12.6. The molecule has 2 aromatic heterocycles. The monoisotopic (exact) mass is 495 g/mol. The van der Waals surface area contributed by atoms with Gasteiger partial charge in [0.05, 0.1) is 22.2 Å². The van der Waals surface area contributed by atoms with Crippen LogP contribution in [0.5, 0.6) is 17.2 Å². The van der Waals surface area contributed by atoms with Gasteiger partial charge < -0.3 is 9.47 Å². The van der Waals surface area contributed by atoms with Crippen molar-refractivity contribution in [2.45, 2.75) is 24.7 Å². The highest BCUT2D eigenvalue weighted by atomic mass is 32.2. The van der Waals surface area contributed by atoms with Gasteiger partial charge in [-0.25, -0.2) is 18.1 Å². The minimum Gasteiger partial charge on any atom is -0.494 e. The van der Waals surface area contributed by atoms with Crippen molar-refractivity contribution in [1.82, 2.24) is 14.7 Å². The van der Waals surface area contributed by atoms with Crippen LogP contribution in [0.1, 0.15) is 18.4 Å². The lowest BCUT2D eigenvalue weighted by atomic mass is 10.2. The number of hydrogen-bond donors (Lipinski definition) is 1. The van der Waals surface area contributed by atoms with Crippen molar-refractivity contribution >= 4 is 21.4 Å². The summed E-state index contributed by atoms with van der Waals surface area (Å²) in [6.45, 7) is 2.86. The minimum atomic E-state index is -3.60. The molecular weight excluding hydrogens is 470 g/mol. The average molecular weight is 496 g/mol. The van der Waals surface area contributed by atoms with Crippen LogP contribution in [-0.4, -0.2) is 31.5 Å². The van der Waals surface area contributed by atoms with E-state index in [1.54, 1.807) is 48.0 Å². The summed E-state index contributed by atoms with van der Waals surface area (Å²) in [5, 5.41) is 2.98. The van der Waals surface area contributed by atoms with Gasteiger partial charge in [-0.2, -0.15) is 0 Å². The Balaban J connectivity index is 1.26. The molecule has 9 heteroatoms. The van der Waals surface area contributed by atoms with Gasteiger partial charge in [-0.3, -0.25) is 4.98 Å². The van der Waals surface area contributed by atoms with Crippen molar-refractivity contribution in [2.75, 3.05) is 13.2 Å². The van der Waals surface area contributed by atoms with Crippen LogP contribution in [0.25, 0.3) is 11.3 Å². The van der Waals surface area contributed by atoms with E-state index in [0.717, 1.165) is 22.0 Å². The molecule has 0 amide bonds. The largest absolute Gasteiger partial charge is 0.494 e. The molecule has 0 unspecified atom stereocenters. The van der Waals surface area contributed by atoms with E-state index in [1.807, 2.05) is 36.6 Å². The van der Waals surface area contributed by atoms with Crippen LogP contribution in [0.2, 0.25) is 0 Å².